The summed E-state index contributed by atoms with van der Waals surface area (Å²) in [6.45, 7) is 8.18. The molecule has 1 unspecified atom stereocenters. The maximum Gasteiger partial charge on any atom is 0.120 e. The number of phenolic OH excluding ortho intramolecular Hbond substituents is 1. The van der Waals surface area contributed by atoms with Crippen molar-refractivity contribution in [1.29, 1.82) is 0 Å². The highest BCUT2D eigenvalue weighted by Crippen LogP contribution is 2.25. The molecule has 1 aromatic rings. The van der Waals surface area contributed by atoms with Crippen LogP contribution in [0.3, 0.4) is 0 Å². The summed E-state index contributed by atoms with van der Waals surface area (Å²) < 4.78 is 0. The Morgan fingerprint density at radius 1 is 1.24 bits per heavy atom. The van der Waals surface area contributed by atoms with Gasteiger partial charge in [0.15, 0.2) is 0 Å². The van der Waals surface area contributed by atoms with Crippen LogP contribution in [0.25, 0.3) is 0 Å². The van der Waals surface area contributed by atoms with Crippen molar-refractivity contribution in [1.82, 2.24) is 5.32 Å². The fourth-order valence-electron chi connectivity index (χ4n) is 1.89. The van der Waals surface area contributed by atoms with Gasteiger partial charge in [0.25, 0.3) is 0 Å². The van der Waals surface area contributed by atoms with Crippen LogP contribution in [-0.4, -0.2) is 22.9 Å². The lowest BCUT2D eigenvalue weighted by Crippen LogP contribution is -2.38. The summed E-state index contributed by atoms with van der Waals surface area (Å²) in [5.41, 5.74) is 1.91. The second-order valence-electron chi connectivity index (χ2n) is 4.98. The number of aliphatic hydroxyl groups is 1. The number of hydrogen-bond donors (Lipinski definition) is 3. The third kappa shape index (κ3) is 3.72. The molecule has 0 aliphatic carbocycles. The van der Waals surface area contributed by atoms with Crippen LogP contribution in [0.1, 0.15) is 37.9 Å². The molecule has 3 heteroatoms. The summed E-state index contributed by atoms with van der Waals surface area (Å²) in [5, 5.41) is 22.5. The molecule has 2 atom stereocenters. The van der Waals surface area contributed by atoms with Crippen LogP contribution in [0.15, 0.2) is 18.2 Å². The molecule has 17 heavy (non-hydrogen) atoms. The lowest BCUT2D eigenvalue weighted by atomic mass is 10.0. The van der Waals surface area contributed by atoms with Crippen LogP contribution >= 0.6 is 0 Å². The van der Waals surface area contributed by atoms with E-state index in [0.29, 0.717) is 11.7 Å². The first kappa shape index (κ1) is 14.0. The van der Waals surface area contributed by atoms with E-state index in [4.69, 9.17) is 0 Å². The summed E-state index contributed by atoms with van der Waals surface area (Å²) in [5.74, 6) is 0.667. The van der Waals surface area contributed by atoms with Crippen molar-refractivity contribution >= 4 is 0 Å². The fourth-order valence-corrected chi connectivity index (χ4v) is 1.89. The molecular formula is C14H23NO2. The maximum absolute atomic E-state index is 9.88. The van der Waals surface area contributed by atoms with E-state index in [1.807, 2.05) is 26.0 Å². The Morgan fingerprint density at radius 3 is 2.35 bits per heavy atom. The molecule has 0 spiro atoms. The zero-order valence-corrected chi connectivity index (χ0v) is 11.1. The van der Waals surface area contributed by atoms with E-state index in [1.54, 1.807) is 6.07 Å². The van der Waals surface area contributed by atoms with Gasteiger partial charge in [-0.3, -0.25) is 0 Å². The Kier molecular flexibility index (Phi) is 4.97. The van der Waals surface area contributed by atoms with Gasteiger partial charge in [-0.05, 0) is 31.4 Å². The zero-order valence-electron chi connectivity index (χ0n) is 11.1. The Balaban J connectivity index is 2.78. The summed E-state index contributed by atoms with van der Waals surface area (Å²) >= 11 is 0. The number of nitrogens with one attached hydrogen (secondary N) is 1. The van der Waals surface area contributed by atoms with Crippen LogP contribution in [0.4, 0.5) is 0 Å². The van der Waals surface area contributed by atoms with Crippen molar-refractivity contribution in [2.45, 2.75) is 39.8 Å². The maximum atomic E-state index is 9.88. The topological polar surface area (TPSA) is 52.5 Å². The molecule has 0 fully saturated rings. The number of phenols is 1. The van der Waals surface area contributed by atoms with Crippen LogP contribution in [-0.2, 0) is 0 Å². The standard InChI is InChI=1S/C14H23NO2/c1-9(2)13(8-16)15-11(4)12-6-5-10(3)7-14(12)17/h5-7,9,11,13,15-17H,8H2,1-4H3/t11?,13-/m1/s1. The summed E-state index contributed by atoms with van der Waals surface area (Å²) in [6.07, 6.45) is 0. The van der Waals surface area contributed by atoms with Crippen LogP contribution in [0.2, 0.25) is 0 Å². The van der Waals surface area contributed by atoms with E-state index in [-0.39, 0.29) is 18.7 Å². The second kappa shape index (κ2) is 6.03. The molecule has 0 aliphatic rings. The Hall–Kier alpha value is -1.06. The molecule has 0 radical (unpaired) electrons. The Bertz CT molecular complexity index is 363. The molecule has 0 saturated heterocycles. The van der Waals surface area contributed by atoms with Crippen molar-refractivity contribution in [3.63, 3.8) is 0 Å². The molecule has 0 aliphatic heterocycles. The van der Waals surface area contributed by atoms with Crippen molar-refractivity contribution in [2.75, 3.05) is 6.61 Å². The van der Waals surface area contributed by atoms with Gasteiger partial charge in [-0.2, -0.15) is 0 Å². The van der Waals surface area contributed by atoms with E-state index in [9.17, 15) is 10.2 Å². The molecule has 0 aromatic heterocycles. The van der Waals surface area contributed by atoms with E-state index >= 15 is 0 Å². The van der Waals surface area contributed by atoms with Crippen LogP contribution in [0, 0.1) is 12.8 Å². The highest BCUT2D eigenvalue weighted by Gasteiger charge is 2.17. The molecule has 0 heterocycles. The first-order valence-electron chi connectivity index (χ1n) is 6.12. The fraction of sp³-hybridized carbons (Fsp3) is 0.571. The lowest BCUT2D eigenvalue weighted by Gasteiger charge is -2.25. The highest BCUT2D eigenvalue weighted by molar-refractivity contribution is 5.37. The molecule has 1 rings (SSSR count). The number of aromatic hydroxyl groups is 1. The highest BCUT2D eigenvalue weighted by atomic mass is 16.3. The molecule has 0 saturated carbocycles. The van der Waals surface area contributed by atoms with Crippen molar-refractivity contribution < 1.29 is 10.2 Å². The number of aliphatic hydroxyl groups excluding tert-OH is 1. The molecule has 3 nitrogen and oxygen atoms in total. The first-order chi connectivity index (χ1) is 7.95. The Morgan fingerprint density at radius 2 is 1.88 bits per heavy atom. The number of aryl methyl sites for hydroxylation is 1. The monoisotopic (exact) mass is 237 g/mol. The molecule has 1 aromatic carbocycles. The predicted molar refractivity (Wildman–Crippen MR) is 70.1 cm³/mol. The van der Waals surface area contributed by atoms with E-state index in [1.165, 1.54) is 0 Å². The molecule has 0 bridgehead atoms. The first-order valence-corrected chi connectivity index (χ1v) is 6.12. The van der Waals surface area contributed by atoms with Crippen molar-refractivity contribution in [3.05, 3.63) is 29.3 Å². The van der Waals surface area contributed by atoms with Crippen LogP contribution < -0.4 is 5.32 Å². The van der Waals surface area contributed by atoms with E-state index in [2.05, 4.69) is 19.2 Å². The SMILES string of the molecule is Cc1ccc(C(C)N[C@H](CO)C(C)C)c(O)c1. The van der Waals surface area contributed by atoms with Crippen molar-refractivity contribution in [3.8, 4) is 5.75 Å². The average molecular weight is 237 g/mol. The van der Waals surface area contributed by atoms with E-state index in [0.717, 1.165) is 11.1 Å². The number of hydrogen-bond acceptors (Lipinski definition) is 3. The third-order valence-electron chi connectivity index (χ3n) is 3.12. The van der Waals surface area contributed by atoms with E-state index < -0.39 is 0 Å². The van der Waals surface area contributed by atoms with Crippen molar-refractivity contribution in [2.24, 2.45) is 5.92 Å². The van der Waals surface area contributed by atoms with Gasteiger partial charge in [-0.25, -0.2) is 0 Å². The molecule has 96 valence electrons. The summed E-state index contributed by atoms with van der Waals surface area (Å²) in [4.78, 5) is 0. The quantitative estimate of drug-likeness (QED) is 0.737. The van der Waals surface area contributed by atoms with Crippen LogP contribution in [0.5, 0.6) is 5.75 Å². The average Bonchev–Trinajstić information content (AvgIpc) is 2.24. The zero-order chi connectivity index (χ0) is 13.0. The largest absolute Gasteiger partial charge is 0.508 e. The minimum atomic E-state index is 0.0233. The molecule has 3 N–H and O–H groups in total. The Labute approximate surface area is 103 Å². The molecular weight excluding hydrogens is 214 g/mol. The minimum Gasteiger partial charge on any atom is -0.508 e. The predicted octanol–water partition coefficient (Wildman–Crippen LogP) is 2.37. The van der Waals surface area contributed by atoms with Gasteiger partial charge in [0.05, 0.1) is 6.61 Å². The molecule has 0 amide bonds. The summed E-state index contributed by atoms with van der Waals surface area (Å²) in [6, 6.07) is 5.74. The van der Waals surface area contributed by atoms with Gasteiger partial charge < -0.3 is 15.5 Å². The number of rotatable bonds is 5. The lowest BCUT2D eigenvalue weighted by molar-refractivity contribution is 0.201. The van der Waals surface area contributed by atoms with Gasteiger partial charge in [-0.1, -0.05) is 26.0 Å². The van der Waals surface area contributed by atoms with Gasteiger partial charge in [0.2, 0.25) is 0 Å². The smallest absolute Gasteiger partial charge is 0.120 e. The number of benzene rings is 1. The minimum absolute atomic E-state index is 0.0233. The van der Waals surface area contributed by atoms with Gasteiger partial charge in [-0.15, -0.1) is 0 Å². The van der Waals surface area contributed by atoms with Gasteiger partial charge >= 0.3 is 0 Å². The normalized spacial score (nSPS) is 14.9. The van der Waals surface area contributed by atoms with Gasteiger partial charge in [0, 0.05) is 17.6 Å². The van der Waals surface area contributed by atoms with Gasteiger partial charge in [0.1, 0.15) is 5.75 Å². The summed E-state index contributed by atoms with van der Waals surface area (Å²) in [7, 11) is 0. The third-order valence-corrected chi connectivity index (χ3v) is 3.12. The second-order valence-corrected chi connectivity index (χ2v) is 4.98.